The van der Waals surface area contributed by atoms with Crippen LogP contribution in [-0.2, 0) is 5.75 Å². The van der Waals surface area contributed by atoms with Gasteiger partial charge in [-0.2, -0.15) is 0 Å². The van der Waals surface area contributed by atoms with E-state index in [1.807, 2.05) is 54.6 Å². The standard InChI is InChI=1S/C22H17ClN4O2S/c23-18-8-4-5-9-19(18)25-22(28)24-16-10-12-17(13-11-16)30-14-20-26-27-21(29-20)15-6-2-1-3-7-15/h1-13H,14H2,(H2,24,25,28). The third-order valence-electron chi connectivity index (χ3n) is 4.08. The van der Waals surface area contributed by atoms with Gasteiger partial charge in [0.15, 0.2) is 0 Å². The molecular weight excluding hydrogens is 420 g/mol. The number of aromatic nitrogens is 2. The molecule has 0 fully saturated rings. The summed E-state index contributed by atoms with van der Waals surface area (Å²) in [4.78, 5) is 13.2. The second kappa shape index (κ2) is 9.47. The molecule has 2 amide bonds. The Morgan fingerprint density at radius 3 is 2.40 bits per heavy atom. The van der Waals surface area contributed by atoms with Gasteiger partial charge in [-0.25, -0.2) is 4.79 Å². The van der Waals surface area contributed by atoms with E-state index in [4.69, 9.17) is 16.0 Å². The lowest BCUT2D eigenvalue weighted by Crippen LogP contribution is -2.19. The molecule has 8 heteroatoms. The molecule has 0 saturated heterocycles. The van der Waals surface area contributed by atoms with Crippen molar-refractivity contribution in [3.63, 3.8) is 0 Å². The van der Waals surface area contributed by atoms with Crippen molar-refractivity contribution in [3.05, 3.63) is 89.8 Å². The fraction of sp³-hybridized carbons (Fsp3) is 0.0455. The zero-order valence-electron chi connectivity index (χ0n) is 15.7. The summed E-state index contributed by atoms with van der Waals surface area (Å²) in [6, 6.07) is 23.9. The molecule has 0 unspecified atom stereocenters. The summed E-state index contributed by atoms with van der Waals surface area (Å²) in [7, 11) is 0. The minimum absolute atomic E-state index is 0.359. The average Bonchev–Trinajstić information content (AvgIpc) is 3.25. The van der Waals surface area contributed by atoms with Gasteiger partial charge in [0.2, 0.25) is 11.8 Å². The Morgan fingerprint density at radius 2 is 1.63 bits per heavy atom. The first-order valence-electron chi connectivity index (χ1n) is 9.10. The quantitative estimate of drug-likeness (QED) is 0.345. The van der Waals surface area contributed by atoms with Crippen LogP contribution in [0.2, 0.25) is 5.02 Å². The first-order valence-corrected chi connectivity index (χ1v) is 10.5. The van der Waals surface area contributed by atoms with Crippen LogP contribution in [0.25, 0.3) is 11.5 Å². The SMILES string of the molecule is O=C(Nc1ccc(SCc2nnc(-c3ccccc3)o2)cc1)Nc1ccccc1Cl. The first-order chi connectivity index (χ1) is 14.7. The van der Waals surface area contributed by atoms with Gasteiger partial charge >= 0.3 is 6.03 Å². The molecule has 6 nitrogen and oxygen atoms in total. The van der Waals surface area contributed by atoms with Crippen molar-refractivity contribution in [2.24, 2.45) is 0 Å². The molecule has 30 heavy (non-hydrogen) atoms. The summed E-state index contributed by atoms with van der Waals surface area (Å²) in [5.41, 5.74) is 2.12. The van der Waals surface area contributed by atoms with Crippen LogP contribution in [-0.4, -0.2) is 16.2 Å². The number of rotatable bonds is 6. The largest absolute Gasteiger partial charge is 0.420 e. The fourth-order valence-corrected chi connectivity index (χ4v) is 3.55. The topological polar surface area (TPSA) is 80.1 Å². The van der Waals surface area contributed by atoms with E-state index in [1.165, 1.54) is 0 Å². The number of benzene rings is 3. The van der Waals surface area contributed by atoms with Gasteiger partial charge in [0.25, 0.3) is 0 Å². The van der Waals surface area contributed by atoms with E-state index in [0.717, 1.165) is 10.5 Å². The van der Waals surface area contributed by atoms with E-state index in [0.29, 0.717) is 33.9 Å². The van der Waals surface area contributed by atoms with E-state index < -0.39 is 0 Å². The highest BCUT2D eigenvalue weighted by molar-refractivity contribution is 7.98. The van der Waals surface area contributed by atoms with Gasteiger partial charge in [0.1, 0.15) is 0 Å². The molecule has 0 aliphatic rings. The molecule has 1 aromatic heterocycles. The van der Waals surface area contributed by atoms with E-state index in [2.05, 4.69) is 20.8 Å². The van der Waals surface area contributed by atoms with E-state index in [-0.39, 0.29) is 6.03 Å². The number of urea groups is 1. The number of thioether (sulfide) groups is 1. The Balaban J connectivity index is 1.30. The van der Waals surface area contributed by atoms with Crippen LogP contribution in [0.5, 0.6) is 0 Å². The maximum Gasteiger partial charge on any atom is 0.323 e. The molecule has 0 saturated carbocycles. The monoisotopic (exact) mass is 436 g/mol. The lowest BCUT2D eigenvalue weighted by atomic mass is 10.2. The Morgan fingerprint density at radius 1 is 0.900 bits per heavy atom. The highest BCUT2D eigenvalue weighted by Crippen LogP contribution is 2.26. The van der Waals surface area contributed by atoms with Gasteiger partial charge in [-0.3, -0.25) is 0 Å². The second-order valence-corrected chi connectivity index (χ2v) is 7.69. The predicted molar refractivity (Wildman–Crippen MR) is 120 cm³/mol. The van der Waals surface area contributed by atoms with E-state index in [9.17, 15) is 4.79 Å². The first kappa shape index (κ1) is 20.0. The fourth-order valence-electron chi connectivity index (χ4n) is 2.64. The number of nitrogens with one attached hydrogen (secondary N) is 2. The molecular formula is C22H17ClN4O2S. The number of carbonyl (C=O) groups excluding carboxylic acids is 1. The summed E-state index contributed by atoms with van der Waals surface area (Å²) in [5, 5.41) is 14.2. The molecule has 2 N–H and O–H groups in total. The van der Waals surface area contributed by atoms with Crippen LogP contribution in [0, 0.1) is 0 Å². The molecule has 1 heterocycles. The zero-order chi connectivity index (χ0) is 20.8. The molecule has 0 bridgehead atoms. The van der Waals surface area contributed by atoms with Crippen molar-refractivity contribution in [3.8, 4) is 11.5 Å². The second-order valence-electron chi connectivity index (χ2n) is 6.24. The number of para-hydroxylation sites is 1. The van der Waals surface area contributed by atoms with Crippen molar-refractivity contribution in [1.82, 2.24) is 10.2 Å². The van der Waals surface area contributed by atoms with Crippen molar-refractivity contribution in [2.45, 2.75) is 10.6 Å². The summed E-state index contributed by atoms with van der Waals surface area (Å²) < 4.78 is 5.71. The van der Waals surface area contributed by atoms with Crippen LogP contribution in [0.1, 0.15) is 5.89 Å². The van der Waals surface area contributed by atoms with Gasteiger partial charge < -0.3 is 15.1 Å². The van der Waals surface area contributed by atoms with Gasteiger partial charge in [-0.15, -0.1) is 22.0 Å². The number of carbonyl (C=O) groups is 1. The maximum absolute atomic E-state index is 12.1. The molecule has 150 valence electrons. The Bertz CT molecular complexity index is 1130. The highest BCUT2D eigenvalue weighted by atomic mass is 35.5. The molecule has 0 spiro atoms. The summed E-state index contributed by atoms with van der Waals surface area (Å²) >= 11 is 7.62. The highest BCUT2D eigenvalue weighted by Gasteiger charge is 2.09. The van der Waals surface area contributed by atoms with Gasteiger partial charge in [-0.1, -0.05) is 41.9 Å². The lowest BCUT2D eigenvalue weighted by molar-refractivity contribution is 0.262. The van der Waals surface area contributed by atoms with Crippen molar-refractivity contribution >= 4 is 40.8 Å². The summed E-state index contributed by atoms with van der Waals surface area (Å²) in [6.45, 7) is 0. The molecule has 0 atom stereocenters. The van der Waals surface area contributed by atoms with E-state index in [1.54, 1.807) is 36.0 Å². The smallest absolute Gasteiger partial charge is 0.323 e. The Hall–Kier alpha value is -3.29. The number of halogens is 1. The van der Waals surface area contributed by atoms with Gasteiger partial charge in [-0.05, 0) is 48.5 Å². The minimum atomic E-state index is -0.359. The van der Waals surface area contributed by atoms with Crippen LogP contribution < -0.4 is 10.6 Å². The third kappa shape index (κ3) is 5.20. The minimum Gasteiger partial charge on any atom is -0.420 e. The number of hydrogen-bond donors (Lipinski definition) is 2. The Kier molecular flexibility index (Phi) is 6.32. The number of amides is 2. The third-order valence-corrected chi connectivity index (χ3v) is 5.41. The van der Waals surface area contributed by atoms with E-state index >= 15 is 0 Å². The molecule has 0 aliphatic heterocycles. The molecule has 4 rings (SSSR count). The number of hydrogen-bond acceptors (Lipinski definition) is 5. The average molecular weight is 437 g/mol. The van der Waals surface area contributed by atoms with Crippen molar-refractivity contribution in [2.75, 3.05) is 10.6 Å². The molecule has 3 aromatic carbocycles. The van der Waals surface area contributed by atoms with Crippen LogP contribution >= 0.6 is 23.4 Å². The molecule has 0 radical (unpaired) electrons. The maximum atomic E-state index is 12.1. The van der Waals surface area contributed by atoms with Crippen LogP contribution in [0.4, 0.5) is 16.2 Å². The number of anilines is 2. The lowest BCUT2D eigenvalue weighted by Gasteiger charge is -2.09. The van der Waals surface area contributed by atoms with Gasteiger partial charge in [0, 0.05) is 16.1 Å². The zero-order valence-corrected chi connectivity index (χ0v) is 17.3. The summed E-state index contributed by atoms with van der Waals surface area (Å²) in [6.07, 6.45) is 0. The van der Waals surface area contributed by atoms with Crippen LogP contribution in [0.15, 0.2) is 88.2 Å². The van der Waals surface area contributed by atoms with Crippen molar-refractivity contribution in [1.29, 1.82) is 0 Å². The molecule has 4 aromatic rings. The van der Waals surface area contributed by atoms with Gasteiger partial charge in [0.05, 0.1) is 16.5 Å². The summed E-state index contributed by atoms with van der Waals surface area (Å²) in [5.74, 6) is 1.62. The molecule has 0 aliphatic carbocycles. The van der Waals surface area contributed by atoms with Crippen molar-refractivity contribution < 1.29 is 9.21 Å². The Labute approximate surface area is 182 Å². The normalized spacial score (nSPS) is 10.6. The van der Waals surface area contributed by atoms with Crippen LogP contribution in [0.3, 0.4) is 0 Å². The number of nitrogens with zero attached hydrogens (tertiary/aromatic N) is 2. The predicted octanol–water partition coefficient (Wildman–Crippen LogP) is 6.33.